The second kappa shape index (κ2) is 5.03. The molecule has 0 radical (unpaired) electrons. The summed E-state index contributed by atoms with van der Waals surface area (Å²) < 4.78 is 0. The van der Waals surface area contributed by atoms with Crippen LogP contribution in [-0.4, -0.2) is 27.3 Å². The standard InChI is InChI=1S/C12H16N4S/c1-9-5-14-11(15-6-9)17-8-12(2,7-13)16-10-3-4-10/h5-6,10,16H,3-4,8H2,1-2H3. The van der Waals surface area contributed by atoms with Crippen molar-refractivity contribution >= 4 is 11.8 Å². The lowest BCUT2D eigenvalue weighted by molar-refractivity contribution is 0.490. The van der Waals surface area contributed by atoms with Gasteiger partial charge in [-0.3, -0.25) is 5.32 Å². The van der Waals surface area contributed by atoms with E-state index in [0.717, 1.165) is 10.7 Å². The van der Waals surface area contributed by atoms with Crippen LogP contribution < -0.4 is 5.32 Å². The molecule has 0 aromatic carbocycles. The summed E-state index contributed by atoms with van der Waals surface area (Å²) >= 11 is 1.52. The number of aryl methyl sites for hydroxylation is 1. The Labute approximate surface area is 106 Å². The highest BCUT2D eigenvalue weighted by Gasteiger charge is 2.32. The van der Waals surface area contributed by atoms with Crippen LogP contribution in [0.3, 0.4) is 0 Å². The van der Waals surface area contributed by atoms with Crippen molar-refractivity contribution in [3.05, 3.63) is 18.0 Å². The zero-order valence-electron chi connectivity index (χ0n) is 10.1. The van der Waals surface area contributed by atoms with Gasteiger partial charge in [-0.2, -0.15) is 5.26 Å². The molecule has 1 aliphatic carbocycles. The normalized spacial score (nSPS) is 18.4. The minimum Gasteiger partial charge on any atom is -0.296 e. The fourth-order valence-electron chi connectivity index (χ4n) is 1.45. The molecule has 1 atom stereocenters. The van der Waals surface area contributed by atoms with Crippen LogP contribution in [0.1, 0.15) is 25.3 Å². The van der Waals surface area contributed by atoms with Crippen molar-refractivity contribution in [3.8, 4) is 6.07 Å². The highest BCUT2D eigenvalue weighted by molar-refractivity contribution is 7.99. The highest BCUT2D eigenvalue weighted by atomic mass is 32.2. The average Bonchev–Trinajstić information content (AvgIpc) is 3.12. The SMILES string of the molecule is Cc1cnc(SCC(C)(C#N)NC2CC2)nc1. The van der Waals surface area contributed by atoms with E-state index in [1.807, 2.05) is 13.8 Å². The van der Waals surface area contributed by atoms with Crippen LogP contribution in [0, 0.1) is 18.3 Å². The maximum absolute atomic E-state index is 9.22. The Morgan fingerprint density at radius 3 is 2.71 bits per heavy atom. The van der Waals surface area contributed by atoms with Crippen LogP contribution >= 0.6 is 11.8 Å². The summed E-state index contributed by atoms with van der Waals surface area (Å²) in [6.45, 7) is 3.90. The van der Waals surface area contributed by atoms with Gasteiger partial charge in [0.1, 0.15) is 5.54 Å². The Bertz CT molecular complexity index is 421. The lowest BCUT2D eigenvalue weighted by Crippen LogP contribution is -2.44. The molecule has 1 aliphatic rings. The molecule has 17 heavy (non-hydrogen) atoms. The fourth-order valence-corrected chi connectivity index (χ4v) is 2.27. The zero-order chi connectivity index (χ0) is 12.3. The lowest BCUT2D eigenvalue weighted by atomic mass is 10.1. The number of nitrogens with one attached hydrogen (secondary N) is 1. The largest absolute Gasteiger partial charge is 0.296 e. The van der Waals surface area contributed by atoms with E-state index < -0.39 is 5.54 Å². The van der Waals surface area contributed by atoms with Crippen molar-refractivity contribution in [2.75, 3.05) is 5.75 Å². The molecule has 0 bridgehead atoms. The van der Waals surface area contributed by atoms with E-state index in [1.54, 1.807) is 12.4 Å². The molecule has 90 valence electrons. The number of hydrogen-bond donors (Lipinski definition) is 1. The second-order valence-corrected chi connectivity index (χ2v) is 5.64. The monoisotopic (exact) mass is 248 g/mol. The van der Waals surface area contributed by atoms with Crippen LogP contribution in [0.2, 0.25) is 0 Å². The molecule has 5 heteroatoms. The minimum atomic E-state index is -0.486. The quantitative estimate of drug-likeness (QED) is 0.637. The number of nitrogens with zero attached hydrogens (tertiary/aromatic N) is 3. The van der Waals surface area contributed by atoms with Crippen molar-refractivity contribution in [1.29, 1.82) is 5.26 Å². The number of aromatic nitrogens is 2. The van der Waals surface area contributed by atoms with Crippen LogP contribution in [0.25, 0.3) is 0 Å². The Hall–Kier alpha value is -1.12. The van der Waals surface area contributed by atoms with Gasteiger partial charge in [0.2, 0.25) is 0 Å². The molecule has 1 fully saturated rings. The second-order valence-electron chi connectivity index (χ2n) is 4.69. The summed E-state index contributed by atoms with van der Waals surface area (Å²) in [6, 6.07) is 2.87. The van der Waals surface area contributed by atoms with E-state index in [0.29, 0.717) is 11.8 Å². The van der Waals surface area contributed by atoms with Gasteiger partial charge in [-0.1, -0.05) is 11.8 Å². The van der Waals surface area contributed by atoms with Gasteiger partial charge in [-0.25, -0.2) is 9.97 Å². The molecular formula is C12H16N4S. The van der Waals surface area contributed by atoms with Crippen LogP contribution in [0.15, 0.2) is 17.6 Å². The smallest absolute Gasteiger partial charge is 0.187 e. The summed E-state index contributed by atoms with van der Waals surface area (Å²) in [5, 5.41) is 13.3. The average molecular weight is 248 g/mol. The number of nitriles is 1. The Morgan fingerprint density at radius 1 is 1.53 bits per heavy atom. The number of rotatable bonds is 5. The minimum absolute atomic E-state index is 0.486. The van der Waals surface area contributed by atoms with Crippen molar-refractivity contribution in [3.63, 3.8) is 0 Å². The third-order valence-corrected chi connectivity index (χ3v) is 3.78. The third kappa shape index (κ3) is 3.69. The number of hydrogen-bond acceptors (Lipinski definition) is 5. The van der Waals surface area contributed by atoms with Crippen molar-refractivity contribution in [2.45, 2.75) is 43.4 Å². The molecule has 1 aromatic heterocycles. The van der Waals surface area contributed by atoms with E-state index in [4.69, 9.17) is 0 Å². The molecule has 0 amide bonds. The molecule has 1 saturated carbocycles. The lowest BCUT2D eigenvalue weighted by Gasteiger charge is -2.22. The van der Waals surface area contributed by atoms with Crippen LogP contribution in [0.4, 0.5) is 0 Å². The van der Waals surface area contributed by atoms with E-state index in [1.165, 1.54) is 24.6 Å². The molecule has 1 unspecified atom stereocenters. The number of thioether (sulfide) groups is 1. The predicted molar refractivity (Wildman–Crippen MR) is 67.7 cm³/mol. The first kappa shape index (κ1) is 12.3. The molecule has 0 saturated heterocycles. The van der Waals surface area contributed by atoms with Gasteiger partial charge >= 0.3 is 0 Å². The molecule has 1 N–H and O–H groups in total. The van der Waals surface area contributed by atoms with Gasteiger partial charge in [-0.05, 0) is 32.3 Å². The summed E-state index contributed by atoms with van der Waals surface area (Å²) in [5.74, 6) is 0.670. The van der Waals surface area contributed by atoms with Gasteiger partial charge in [0.05, 0.1) is 6.07 Å². The topological polar surface area (TPSA) is 61.6 Å². The molecule has 1 heterocycles. The highest BCUT2D eigenvalue weighted by Crippen LogP contribution is 2.25. The van der Waals surface area contributed by atoms with Gasteiger partial charge in [-0.15, -0.1) is 0 Å². The zero-order valence-corrected chi connectivity index (χ0v) is 10.9. The van der Waals surface area contributed by atoms with Gasteiger partial charge < -0.3 is 0 Å². The van der Waals surface area contributed by atoms with Crippen molar-refractivity contribution in [2.24, 2.45) is 0 Å². The van der Waals surface area contributed by atoms with Gasteiger partial charge in [0.25, 0.3) is 0 Å². The van der Waals surface area contributed by atoms with Crippen LogP contribution in [-0.2, 0) is 0 Å². The first-order chi connectivity index (χ1) is 8.11. The Kier molecular flexibility index (Phi) is 3.65. The molecular weight excluding hydrogens is 232 g/mol. The molecule has 1 aromatic rings. The van der Waals surface area contributed by atoms with E-state index in [9.17, 15) is 5.26 Å². The summed E-state index contributed by atoms with van der Waals surface area (Å²) in [7, 11) is 0. The molecule has 4 nitrogen and oxygen atoms in total. The maximum atomic E-state index is 9.22. The van der Waals surface area contributed by atoms with Gasteiger partial charge in [0, 0.05) is 24.2 Å². The predicted octanol–water partition coefficient (Wildman–Crippen LogP) is 1.91. The molecule has 0 spiro atoms. The fraction of sp³-hybridized carbons (Fsp3) is 0.583. The van der Waals surface area contributed by atoms with Crippen molar-refractivity contribution < 1.29 is 0 Å². The summed E-state index contributed by atoms with van der Waals surface area (Å²) in [4.78, 5) is 8.45. The first-order valence-corrected chi connectivity index (χ1v) is 6.70. The summed E-state index contributed by atoms with van der Waals surface area (Å²) in [5.41, 5.74) is 0.564. The van der Waals surface area contributed by atoms with E-state index >= 15 is 0 Å². The maximum Gasteiger partial charge on any atom is 0.187 e. The van der Waals surface area contributed by atoms with Crippen LogP contribution in [0.5, 0.6) is 0 Å². The molecule has 0 aliphatic heterocycles. The van der Waals surface area contributed by atoms with E-state index in [2.05, 4.69) is 21.4 Å². The van der Waals surface area contributed by atoms with E-state index in [-0.39, 0.29) is 0 Å². The first-order valence-electron chi connectivity index (χ1n) is 5.72. The van der Waals surface area contributed by atoms with Gasteiger partial charge in [0.15, 0.2) is 5.16 Å². The third-order valence-electron chi connectivity index (χ3n) is 2.59. The molecule has 2 rings (SSSR count). The van der Waals surface area contributed by atoms with Crippen molar-refractivity contribution in [1.82, 2.24) is 15.3 Å². The summed E-state index contributed by atoms with van der Waals surface area (Å²) in [6.07, 6.45) is 5.96. The Morgan fingerprint density at radius 2 is 2.18 bits per heavy atom. The Balaban J connectivity index is 1.91.